The summed E-state index contributed by atoms with van der Waals surface area (Å²) in [7, 11) is -1.92. The predicted octanol–water partition coefficient (Wildman–Crippen LogP) is 2.56. The molecule has 0 spiro atoms. The highest BCUT2D eigenvalue weighted by atomic mass is 127. The first kappa shape index (κ1) is 23.7. The van der Waals surface area contributed by atoms with Crippen molar-refractivity contribution < 1.29 is 8.42 Å². The zero-order chi connectivity index (χ0) is 19.0. The SMILES string of the molecule is CN=C(NCCc1ccc(Cl)cc1)NCCc1ccc(S(N)(=O)=O)cc1.I. The summed E-state index contributed by atoms with van der Waals surface area (Å²) in [5.74, 6) is 0.722. The van der Waals surface area contributed by atoms with Gasteiger partial charge in [0, 0.05) is 25.2 Å². The molecule has 0 radical (unpaired) electrons. The molecule has 0 aliphatic carbocycles. The van der Waals surface area contributed by atoms with Gasteiger partial charge in [0.05, 0.1) is 4.90 Å². The van der Waals surface area contributed by atoms with Gasteiger partial charge < -0.3 is 10.6 Å². The van der Waals surface area contributed by atoms with Gasteiger partial charge in [-0.25, -0.2) is 13.6 Å². The lowest BCUT2D eigenvalue weighted by molar-refractivity contribution is 0.598. The fourth-order valence-corrected chi connectivity index (χ4v) is 3.01. The molecule has 0 amide bonds. The van der Waals surface area contributed by atoms with Crippen LogP contribution in [0.5, 0.6) is 0 Å². The summed E-state index contributed by atoms with van der Waals surface area (Å²) in [5, 5.41) is 12.3. The Morgan fingerprint density at radius 3 is 1.81 bits per heavy atom. The number of hydrogen-bond donors (Lipinski definition) is 3. The largest absolute Gasteiger partial charge is 0.356 e. The molecule has 0 bridgehead atoms. The molecule has 0 atom stereocenters. The summed E-state index contributed by atoms with van der Waals surface area (Å²) < 4.78 is 22.5. The van der Waals surface area contributed by atoms with Crippen molar-refractivity contribution in [2.24, 2.45) is 10.1 Å². The van der Waals surface area contributed by atoms with Gasteiger partial charge in [-0.05, 0) is 48.2 Å². The Kier molecular flexibility index (Phi) is 10.1. The van der Waals surface area contributed by atoms with Crippen molar-refractivity contribution in [2.75, 3.05) is 20.1 Å². The van der Waals surface area contributed by atoms with Crippen LogP contribution in [0.25, 0.3) is 0 Å². The molecule has 2 rings (SSSR count). The number of nitrogens with one attached hydrogen (secondary N) is 2. The molecule has 148 valence electrons. The molecule has 0 aliphatic heterocycles. The molecule has 2 aromatic carbocycles. The molecule has 0 unspecified atom stereocenters. The van der Waals surface area contributed by atoms with Crippen LogP contribution in [0.2, 0.25) is 5.02 Å². The average molecular weight is 523 g/mol. The van der Waals surface area contributed by atoms with E-state index in [0.29, 0.717) is 6.54 Å². The summed E-state index contributed by atoms with van der Waals surface area (Å²) in [6, 6.07) is 14.3. The lowest BCUT2D eigenvalue weighted by Crippen LogP contribution is -2.39. The van der Waals surface area contributed by atoms with Crippen LogP contribution in [0, 0.1) is 0 Å². The van der Waals surface area contributed by atoms with Gasteiger partial charge in [0.1, 0.15) is 0 Å². The second-order valence-electron chi connectivity index (χ2n) is 5.74. The minimum Gasteiger partial charge on any atom is -0.356 e. The quantitative estimate of drug-likeness (QED) is 0.296. The van der Waals surface area contributed by atoms with Crippen LogP contribution in [0.15, 0.2) is 58.4 Å². The van der Waals surface area contributed by atoms with Crippen molar-refractivity contribution in [3.05, 3.63) is 64.7 Å². The molecule has 4 N–H and O–H groups in total. The molecule has 2 aromatic rings. The minimum atomic E-state index is -3.65. The minimum absolute atomic E-state index is 0. The average Bonchev–Trinajstić information content (AvgIpc) is 2.61. The number of rotatable bonds is 7. The summed E-state index contributed by atoms with van der Waals surface area (Å²) in [5.41, 5.74) is 2.22. The molecular formula is C18H24ClIN4O2S. The molecule has 27 heavy (non-hydrogen) atoms. The highest BCUT2D eigenvalue weighted by Gasteiger charge is 2.06. The third-order valence-corrected chi connectivity index (χ3v) is 4.98. The Labute approximate surface area is 182 Å². The number of halogens is 2. The van der Waals surface area contributed by atoms with Crippen molar-refractivity contribution >= 4 is 51.6 Å². The maximum absolute atomic E-state index is 11.2. The maximum Gasteiger partial charge on any atom is 0.238 e. The van der Waals surface area contributed by atoms with E-state index in [-0.39, 0.29) is 28.9 Å². The van der Waals surface area contributed by atoms with E-state index in [4.69, 9.17) is 16.7 Å². The topological polar surface area (TPSA) is 96.6 Å². The Morgan fingerprint density at radius 2 is 1.41 bits per heavy atom. The van der Waals surface area contributed by atoms with Crippen LogP contribution in [0.3, 0.4) is 0 Å². The number of hydrogen-bond acceptors (Lipinski definition) is 3. The van der Waals surface area contributed by atoms with Crippen LogP contribution in [0.1, 0.15) is 11.1 Å². The number of aliphatic imine (C=N–C) groups is 1. The molecule has 0 aromatic heterocycles. The Morgan fingerprint density at radius 1 is 0.963 bits per heavy atom. The van der Waals surface area contributed by atoms with Crippen LogP contribution < -0.4 is 15.8 Å². The van der Waals surface area contributed by atoms with E-state index < -0.39 is 10.0 Å². The fourth-order valence-electron chi connectivity index (χ4n) is 2.37. The zero-order valence-electron chi connectivity index (χ0n) is 15.0. The smallest absolute Gasteiger partial charge is 0.238 e. The van der Waals surface area contributed by atoms with Gasteiger partial charge in [-0.15, -0.1) is 24.0 Å². The first-order valence-electron chi connectivity index (χ1n) is 8.19. The van der Waals surface area contributed by atoms with Crippen molar-refractivity contribution in [1.82, 2.24) is 10.6 Å². The van der Waals surface area contributed by atoms with E-state index in [2.05, 4.69) is 15.6 Å². The van der Waals surface area contributed by atoms with E-state index in [1.165, 1.54) is 17.7 Å². The van der Waals surface area contributed by atoms with Gasteiger partial charge >= 0.3 is 0 Å². The normalized spacial score (nSPS) is 11.6. The monoisotopic (exact) mass is 522 g/mol. The molecule has 0 saturated carbocycles. The summed E-state index contributed by atoms with van der Waals surface area (Å²) in [6.45, 7) is 1.43. The van der Waals surface area contributed by atoms with Gasteiger partial charge in [0.25, 0.3) is 0 Å². The molecule has 0 heterocycles. The highest BCUT2D eigenvalue weighted by molar-refractivity contribution is 14.0. The number of primary sulfonamides is 1. The van der Waals surface area contributed by atoms with Crippen molar-refractivity contribution in [2.45, 2.75) is 17.7 Å². The van der Waals surface area contributed by atoms with Crippen LogP contribution >= 0.6 is 35.6 Å². The molecule has 0 fully saturated rings. The van der Waals surface area contributed by atoms with E-state index in [0.717, 1.165) is 35.9 Å². The first-order chi connectivity index (χ1) is 12.4. The zero-order valence-corrected chi connectivity index (χ0v) is 18.9. The van der Waals surface area contributed by atoms with Crippen molar-refractivity contribution in [3.63, 3.8) is 0 Å². The van der Waals surface area contributed by atoms with Crippen LogP contribution in [-0.2, 0) is 22.9 Å². The number of sulfonamides is 1. The lowest BCUT2D eigenvalue weighted by atomic mass is 10.1. The molecule has 6 nitrogen and oxygen atoms in total. The lowest BCUT2D eigenvalue weighted by Gasteiger charge is -2.12. The second kappa shape index (κ2) is 11.5. The summed E-state index contributed by atoms with van der Waals surface area (Å²) in [6.07, 6.45) is 1.61. The maximum atomic E-state index is 11.2. The summed E-state index contributed by atoms with van der Waals surface area (Å²) in [4.78, 5) is 4.31. The van der Waals surface area contributed by atoms with Gasteiger partial charge in [0.15, 0.2) is 5.96 Å². The standard InChI is InChI=1S/C18H23ClN4O2S.HI/c1-21-18(22-12-10-14-2-6-16(19)7-3-14)23-13-11-15-4-8-17(9-5-15)26(20,24)25;/h2-9H,10-13H2,1H3,(H2,20,24,25)(H2,21,22,23);1H. The molecule has 9 heteroatoms. The first-order valence-corrected chi connectivity index (χ1v) is 10.1. The van der Waals surface area contributed by atoms with E-state index in [9.17, 15) is 8.42 Å². The van der Waals surface area contributed by atoms with Gasteiger partial charge in [-0.1, -0.05) is 35.9 Å². The number of nitrogens with two attached hydrogens (primary N) is 1. The predicted molar refractivity (Wildman–Crippen MR) is 121 cm³/mol. The molecule has 0 saturated heterocycles. The fraction of sp³-hybridized carbons (Fsp3) is 0.278. The number of nitrogens with zero attached hydrogens (tertiary/aromatic N) is 1. The van der Waals surface area contributed by atoms with E-state index in [1.54, 1.807) is 19.2 Å². The van der Waals surface area contributed by atoms with Gasteiger partial charge in [-0.2, -0.15) is 0 Å². The highest BCUT2D eigenvalue weighted by Crippen LogP contribution is 2.10. The van der Waals surface area contributed by atoms with E-state index >= 15 is 0 Å². The van der Waals surface area contributed by atoms with Gasteiger partial charge in [0.2, 0.25) is 10.0 Å². The Balaban J connectivity index is 0.00000364. The number of guanidine groups is 1. The molecular weight excluding hydrogens is 499 g/mol. The van der Waals surface area contributed by atoms with Crippen LogP contribution in [-0.4, -0.2) is 34.5 Å². The van der Waals surface area contributed by atoms with E-state index in [1.807, 2.05) is 24.3 Å². The van der Waals surface area contributed by atoms with Crippen molar-refractivity contribution in [3.8, 4) is 0 Å². The van der Waals surface area contributed by atoms with Gasteiger partial charge in [-0.3, -0.25) is 4.99 Å². The molecule has 0 aliphatic rings. The Hall–Kier alpha value is -1.36. The number of benzene rings is 2. The third kappa shape index (κ3) is 8.46. The van der Waals surface area contributed by atoms with Crippen LogP contribution in [0.4, 0.5) is 0 Å². The Bertz CT molecular complexity index is 841. The second-order valence-corrected chi connectivity index (χ2v) is 7.74. The summed E-state index contributed by atoms with van der Waals surface area (Å²) >= 11 is 5.88. The van der Waals surface area contributed by atoms with Crippen molar-refractivity contribution in [1.29, 1.82) is 0 Å². The third-order valence-electron chi connectivity index (χ3n) is 3.80.